The number of rotatable bonds is 6. The number of anilines is 1. The Morgan fingerprint density at radius 1 is 1.09 bits per heavy atom. The predicted octanol–water partition coefficient (Wildman–Crippen LogP) is 6.70. The predicted molar refractivity (Wildman–Crippen MR) is 127 cm³/mol. The van der Waals surface area contributed by atoms with Crippen molar-refractivity contribution in [2.24, 2.45) is 5.92 Å². The van der Waals surface area contributed by atoms with Gasteiger partial charge < -0.3 is 10.1 Å². The second kappa shape index (κ2) is 8.67. The van der Waals surface area contributed by atoms with Crippen LogP contribution in [-0.2, 0) is 6.42 Å². The number of hydrogen-bond acceptors (Lipinski definition) is 4. The molecule has 0 aromatic heterocycles. The molecule has 0 saturated heterocycles. The SMILES string of the molecule is O=[N+]([O-])c1cc(C2Nc3ccc(OCCc4ccccc4)cc3C3C=CCC32)ccc1Cl. The van der Waals surface area contributed by atoms with E-state index in [-0.39, 0.29) is 28.6 Å². The van der Waals surface area contributed by atoms with Crippen LogP contribution >= 0.6 is 11.6 Å². The van der Waals surface area contributed by atoms with Crippen LogP contribution in [-0.4, -0.2) is 11.5 Å². The third-order valence-electron chi connectivity index (χ3n) is 6.36. The highest BCUT2D eigenvalue weighted by Crippen LogP contribution is 2.51. The number of nitro benzene ring substituents is 1. The third-order valence-corrected chi connectivity index (χ3v) is 6.68. The molecule has 3 aromatic rings. The maximum absolute atomic E-state index is 11.4. The van der Waals surface area contributed by atoms with Gasteiger partial charge in [0.1, 0.15) is 10.8 Å². The van der Waals surface area contributed by atoms with Crippen molar-refractivity contribution in [3.05, 3.63) is 111 Å². The maximum Gasteiger partial charge on any atom is 0.288 e. The molecule has 1 heterocycles. The molecule has 0 spiro atoms. The van der Waals surface area contributed by atoms with Crippen LogP contribution < -0.4 is 10.1 Å². The summed E-state index contributed by atoms with van der Waals surface area (Å²) in [4.78, 5) is 10.9. The zero-order valence-corrected chi connectivity index (χ0v) is 18.2. The van der Waals surface area contributed by atoms with Gasteiger partial charge in [-0.3, -0.25) is 10.1 Å². The van der Waals surface area contributed by atoms with Crippen molar-refractivity contribution in [3.8, 4) is 5.75 Å². The average Bonchev–Trinajstić information content (AvgIpc) is 3.30. The summed E-state index contributed by atoms with van der Waals surface area (Å²) < 4.78 is 6.05. The summed E-state index contributed by atoms with van der Waals surface area (Å²) in [6, 6.07) is 21.5. The van der Waals surface area contributed by atoms with E-state index in [1.54, 1.807) is 12.1 Å². The van der Waals surface area contributed by atoms with E-state index in [0.717, 1.165) is 29.8 Å². The van der Waals surface area contributed by atoms with Gasteiger partial charge in [0.2, 0.25) is 0 Å². The van der Waals surface area contributed by atoms with E-state index in [0.29, 0.717) is 6.61 Å². The van der Waals surface area contributed by atoms with Crippen LogP contribution in [0.3, 0.4) is 0 Å². The molecular weight excluding hydrogens is 424 g/mol. The Bertz CT molecular complexity index is 1180. The largest absolute Gasteiger partial charge is 0.493 e. The van der Waals surface area contributed by atoms with Crippen LogP contribution in [0.5, 0.6) is 5.75 Å². The Labute approximate surface area is 191 Å². The second-order valence-electron chi connectivity index (χ2n) is 8.28. The number of hydrogen-bond donors (Lipinski definition) is 1. The fourth-order valence-electron chi connectivity index (χ4n) is 4.79. The Kier molecular flexibility index (Phi) is 5.58. The van der Waals surface area contributed by atoms with Gasteiger partial charge >= 0.3 is 0 Å². The van der Waals surface area contributed by atoms with E-state index in [9.17, 15) is 10.1 Å². The molecule has 0 radical (unpaired) electrons. The van der Waals surface area contributed by atoms with Gasteiger partial charge in [0.15, 0.2) is 0 Å². The van der Waals surface area contributed by atoms with Crippen LogP contribution in [0, 0.1) is 16.0 Å². The topological polar surface area (TPSA) is 64.4 Å². The van der Waals surface area contributed by atoms with E-state index in [1.165, 1.54) is 11.1 Å². The first-order chi connectivity index (χ1) is 15.6. The lowest BCUT2D eigenvalue weighted by molar-refractivity contribution is -0.384. The highest BCUT2D eigenvalue weighted by Gasteiger charge is 2.38. The van der Waals surface area contributed by atoms with E-state index in [4.69, 9.17) is 16.3 Å². The molecule has 2 aliphatic rings. The summed E-state index contributed by atoms with van der Waals surface area (Å²) >= 11 is 6.03. The first kappa shape index (κ1) is 20.6. The molecule has 0 fully saturated rings. The fourth-order valence-corrected chi connectivity index (χ4v) is 4.97. The average molecular weight is 447 g/mol. The zero-order chi connectivity index (χ0) is 22.1. The number of allylic oxidation sites excluding steroid dienone is 2. The monoisotopic (exact) mass is 446 g/mol. The molecule has 0 amide bonds. The number of halogens is 1. The minimum absolute atomic E-state index is 0.0247. The van der Waals surface area contributed by atoms with Crippen LogP contribution in [0.1, 0.15) is 35.1 Å². The summed E-state index contributed by atoms with van der Waals surface area (Å²) in [5.74, 6) is 1.38. The van der Waals surface area contributed by atoms with Gasteiger partial charge in [0.05, 0.1) is 17.6 Å². The number of nitrogens with one attached hydrogen (secondary N) is 1. The molecular formula is C26H23ClN2O3. The van der Waals surface area contributed by atoms with Crippen molar-refractivity contribution in [3.63, 3.8) is 0 Å². The lowest BCUT2D eigenvalue weighted by Gasteiger charge is -2.37. The summed E-state index contributed by atoms with van der Waals surface area (Å²) in [6.07, 6.45) is 6.22. The Hall–Kier alpha value is -3.31. The lowest BCUT2D eigenvalue weighted by Crippen LogP contribution is -2.29. The fraction of sp³-hybridized carbons (Fsp3) is 0.231. The number of ether oxygens (including phenoxy) is 1. The molecule has 0 saturated carbocycles. The minimum atomic E-state index is -0.425. The van der Waals surface area contributed by atoms with Crippen LogP contribution in [0.25, 0.3) is 0 Å². The second-order valence-corrected chi connectivity index (χ2v) is 8.68. The van der Waals surface area contributed by atoms with Crippen molar-refractivity contribution in [1.82, 2.24) is 0 Å². The molecule has 3 unspecified atom stereocenters. The Morgan fingerprint density at radius 3 is 2.75 bits per heavy atom. The van der Waals surface area contributed by atoms with Crippen molar-refractivity contribution in [2.75, 3.05) is 11.9 Å². The summed E-state index contributed by atoms with van der Waals surface area (Å²) in [5.41, 5.74) is 4.33. The molecule has 5 nitrogen and oxygen atoms in total. The van der Waals surface area contributed by atoms with Gasteiger partial charge in [-0.2, -0.15) is 0 Å². The number of nitrogens with zero attached hydrogens (tertiary/aromatic N) is 1. The zero-order valence-electron chi connectivity index (χ0n) is 17.4. The van der Waals surface area contributed by atoms with Crippen LogP contribution in [0.15, 0.2) is 78.9 Å². The molecule has 3 aromatic carbocycles. The van der Waals surface area contributed by atoms with Gasteiger partial charge in [0, 0.05) is 24.1 Å². The Morgan fingerprint density at radius 2 is 1.94 bits per heavy atom. The van der Waals surface area contributed by atoms with E-state index >= 15 is 0 Å². The van der Waals surface area contributed by atoms with Gasteiger partial charge in [0.25, 0.3) is 5.69 Å². The van der Waals surface area contributed by atoms with Crippen molar-refractivity contribution >= 4 is 23.0 Å². The number of benzene rings is 3. The quantitative estimate of drug-likeness (QED) is 0.260. The van der Waals surface area contributed by atoms with Crippen molar-refractivity contribution in [1.29, 1.82) is 0 Å². The highest BCUT2D eigenvalue weighted by molar-refractivity contribution is 6.32. The van der Waals surface area contributed by atoms with E-state index in [1.807, 2.05) is 36.4 Å². The van der Waals surface area contributed by atoms with Crippen molar-refractivity contribution in [2.45, 2.75) is 24.8 Å². The summed E-state index contributed by atoms with van der Waals surface area (Å²) in [7, 11) is 0. The molecule has 6 heteroatoms. The first-order valence-electron chi connectivity index (χ1n) is 10.8. The highest BCUT2D eigenvalue weighted by atomic mass is 35.5. The maximum atomic E-state index is 11.4. The third kappa shape index (κ3) is 3.96. The van der Waals surface area contributed by atoms with Gasteiger partial charge in [-0.15, -0.1) is 0 Å². The van der Waals surface area contributed by atoms with Crippen molar-refractivity contribution < 1.29 is 9.66 Å². The normalized spacial score (nSPS) is 20.8. The molecule has 162 valence electrons. The van der Waals surface area contributed by atoms with Gasteiger partial charge in [-0.1, -0.05) is 60.2 Å². The molecule has 32 heavy (non-hydrogen) atoms. The lowest BCUT2D eigenvalue weighted by atomic mass is 9.77. The molecule has 5 rings (SSSR count). The number of fused-ring (bicyclic) bond motifs is 3. The van der Waals surface area contributed by atoms with Crippen LogP contribution in [0.4, 0.5) is 11.4 Å². The minimum Gasteiger partial charge on any atom is -0.493 e. The van der Waals surface area contributed by atoms with Gasteiger partial charge in [-0.25, -0.2) is 0 Å². The molecule has 3 atom stereocenters. The molecule has 1 aliphatic carbocycles. The summed E-state index contributed by atoms with van der Waals surface area (Å²) in [6.45, 7) is 0.622. The van der Waals surface area contributed by atoms with Gasteiger partial charge in [-0.05, 0) is 53.3 Å². The standard InChI is InChI=1S/C26H23ClN2O3/c27-23-11-9-18(15-25(23)29(30)31)26-21-8-4-7-20(21)22-16-19(10-12-24(22)28-26)32-14-13-17-5-2-1-3-6-17/h1-7,9-12,15-16,20-21,26,28H,8,13-14H2. The summed E-state index contributed by atoms with van der Waals surface area (Å²) in [5, 5.41) is 15.2. The van der Waals surface area contributed by atoms with Crippen LogP contribution in [0.2, 0.25) is 5.02 Å². The molecule has 0 bridgehead atoms. The molecule has 1 aliphatic heterocycles. The number of nitro groups is 1. The first-order valence-corrected chi connectivity index (χ1v) is 11.2. The van der Waals surface area contributed by atoms with E-state index < -0.39 is 4.92 Å². The Balaban J connectivity index is 1.37. The molecule has 1 N–H and O–H groups in total. The van der Waals surface area contributed by atoms with E-state index in [2.05, 4.69) is 35.7 Å². The smallest absolute Gasteiger partial charge is 0.288 e.